The molecule has 0 atom stereocenters. The molecule has 56 heavy (non-hydrogen) atoms. The molecule has 1 aliphatic rings. The third-order valence-electron chi connectivity index (χ3n) is 11.7. The van der Waals surface area contributed by atoms with Crippen LogP contribution in [0.4, 0.5) is 17.1 Å². The first-order chi connectivity index (χ1) is 27.1. The fraction of sp³-hybridized carbons (Fsp3) is 0.0612. The standard InChI is InChI=1S/C49H30B5NO/c1-49(2)38-18-6-5-14-35(38)36-17-8-16-33(41(36)49)28-20-23-30(24-21-28)55(47-45(53)43(51)42(50)44(52)46(47)54)31-12-7-11-29(26-31)32-15-9-19-39-40(32)37-25-22-27-10-3-4-13-34(27)48(37)56-39/h3-26H,1-2H3. The van der Waals surface area contributed by atoms with Crippen molar-refractivity contribution in [2.45, 2.75) is 19.3 Å². The average molecular weight is 703 g/mol. The maximum absolute atomic E-state index is 6.81. The van der Waals surface area contributed by atoms with Gasteiger partial charge in [-0.05, 0) is 86.3 Å². The van der Waals surface area contributed by atoms with E-state index < -0.39 is 0 Å². The van der Waals surface area contributed by atoms with E-state index in [1.165, 1.54) is 27.8 Å². The molecule has 0 saturated carbocycles. The Morgan fingerprint density at radius 1 is 0.482 bits per heavy atom. The van der Waals surface area contributed by atoms with E-state index in [2.05, 4.69) is 123 Å². The van der Waals surface area contributed by atoms with Gasteiger partial charge >= 0.3 is 0 Å². The Morgan fingerprint density at radius 3 is 1.93 bits per heavy atom. The fourth-order valence-corrected chi connectivity index (χ4v) is 8.97. The van der Waals surface area contributed by atoms with Gasteiger partial charge in [-0.2, -0.15) is 0 Å². The summed E-state index contributed by atoms with van der Waals surface area (Å²) in [5, 5.41) is 4.31. The van der Waals surface area contributed by atoms with Gasteiger partial charge in [0.05, 0.1) is 0 Å². The SMILES string of the molecule is [B]c1c([B])c([B])c(N(c2ccc(-c3cccc4c3C(C)(C)c3ccccc3-4)cc2)c2cccc(-c3cccc4oc5c6ccccc6ccc5c34)c2)c([B])c1[B]. The van der Waals surface area contributed by atoms with Crippen LogP contribution in [0.3, 0.4) is 0 Å². The van der Waals surface area contributed by atoms with Gasteiger partial charge in [-0.1, -0.05) is 134 Å². The highest BCUT2D eigenvalue weighted by Crippen LogP contribution is 2.52. The van der Waals surface area contributed by atoms with Crippen LogP contribution >= 0.6 is 0 Å². The zero-order valence-corrected chi connectivity index (χ0v) is 31.1. The van der Waals surface area contributed by atoms with E-state index in [4.69, 9.17) is 43.6 Å². The molecular formula is C49H30B5NO. The maximum Gasteiger partial charge on any atom is 0.143 e. The lowest BCUT2D eigenvalue weighted by molar-refractivity contribution is 0.662. The van der Waals surface area contributed by atoms with E-state index in [1.54, 1.807) is 0 Å². The molecule has 252 valence electrons. The van der Waals surface area contributed by atoms with Crippen molar-refractivity contribution >= 4 is 116 Å². The van der Waals surface area contributed by atoms with E-state index in [1.807, 2.05) is 41.3 Å². The third kappa shape index (κ3) is 5.03. The minimum absolute atomic E-state index is 0.161. The molecule has 0 amide bonds. The second-order valence-electron chi connectivity index (χ2n) is 15.2. The highest BCUT2D eigenvalue weighted by atomic mass is 16.3. The molecule has 1 aliphatic carbocycles. The summed E-state index contributed by atoms with van der Waals surface area (Å²) >= 11 is 0. The second-order valence-corrected chi connectivity index (χ2v) is 15.2. The topological polar surface area (TPSA) is 16.4 Å². The van der Waals surface area contributed by atoms with Crippen molar-refractivity contribution in [2.75, 3.05) is 4.90 Å². The number of hydrogen-bond donors (Lipinski definition) is 0. The number of rotatable bonds is 5. The number of anilines is 3. The quantitative estimate of drug-likeness (QED) is 0.170. The Bertz CT molecular complexity index is 3040. The van der Waals surface area contributed by atoms with Crippen LogP contribution in [-0.2, 0) is 5.41 Å². The molecule has 0 fully saturated rings. The zero-order chi connectivity index (χ0) is 38.5. The van der Waals surface area contributed by atoms with Crippen molar-refractivity contribution in [1.82, 2.24) is 0 Å². The van der Waals surface area contributed by atoms with Crippen LogP contribution in [0.15, 0.2) is 150 Å². The molecule has 9 aromatic rings. The summed E-state index contributed by atoms with van der Waals surface area (Å²) in [6.45, 7) is 4.61. The molecule has 8 aromatic carbocycles. The highest BCUT2D eigenvalue weighted by Gasteiger charge is 2.37. The molecule has 10 radical (unpaired) electrons. The van der Waals surface area contributed by atoms with Gasteiger partial charge in [-0.15, -0.1) is 16.4 Å². The number of benzene rings is 8. The monoisotopic (exact) mass is 703 g/mol. The van der Waals surface area contributed by atoms with Gasteiger partial charge in [-0.3, -0.25) is 0 Å². The van der Waals surface area contributed by atoms with Crippen LogP contribution in [0.25, 0.3) is 66.1 Å². The minimum atomic E-state index is -0.161. The first kappa shape index (κ1) is 34.4. The van der Waals surface area contributed by atoms with Crippen LogP contribution in [0, 0.1) is 0 Å². The molecule has 7 heteroatoms. The number of fused-ring (bicyclic) bond motifs is 8. The molecule has 10 rings (SSSR count). The summed E-state index contributed by atoms with van der Waals surface area (Å²) in [6.07, 6.45) is 0. The van der Waals surface area contributed by atoms with Crippen molar-refractivity contribution in [3.05, 3.63) is 157 Å². The largest absolute Gasteiger partial charge is 0.455 e. The van der Waals surface area contributed by atoms with Crippen LogP contribution < -0.4 is 32.2 Å². The molecule has 1 aromatic heterocycles. The average Bonchev–Trinajstić information content (AvgIpc) is 3.74. The lowest BCUT2D eigenvalue weighted by Crippen LogP contribution is -2.56. The van der Waals surface area contributed by atoms with Crippen LogP contribution in [0.1, 0.15) is 25.0 Å². The maximum atomic E-state index is 6.81. The van der Waals surface area contributed by atoms with Gasteiger partial charge in [0, 0.05) is 38.6 Å². The summed E-state index contributed by atoms with van der Waals surface area (Å²) < 4.78 is 6.54. The first-order valence-corrected chi connectivity index (χ1v) is 18.7. The van der Waals surface area contributed by atoms with Gasteiger partial charge in [0.25, 0.3) is 0 Å². The van der Waals surface area contributed by atoms with E-state index in [9.17, 15) is 0 Å². The van der Waals surface area contributed by atoms with Crippen molar-refractivity contribution in [3.63, 3.8) is 0 Å². The molecule has 0 aliphatic heterocycles. The predicted molar refractivity (Wildman–Crippen MR) is 241 cm³/mol. The molecule has 0 N–H and O–H groups in total. The van der Waals surface area contributed by atoms with Crippen molar-refractivity contribution in [2.24, 2.45) is 0 Å². The minimum Gasteiger partial charge on any atom is -0.455 e. The van der Waals surface area contributed by atoms with Gasteiger partial charge in [-0.25, -0.2) is 0 Å². The summed E-state index contributed by atoms with van der Waals surface area (Å²) in [7, 11) is 32.9. The number of nitrogens with zero attached hydrogens (tertiary/aromatic N) is 1. The molecule has 2 nitrogen and oxygen atoms in total. The van der Waals surface area contributed by atoms with E-state index in [-0.39, 0.29) is 32.7 Å². The predicted octanol–water partition coefficient (Wildman–Crippen LogP) is 7.82. The van der Waals surface area contributed by atoms with Crippen LogP contribution in [0.2, 0.25) is 0 Å². The summed E-state index contributed by atoms with van der Waals surface area (Å²) in [5.74, 6) is 0. The number of hydrogen-bond acceptors (Lipinski definition) is 2. The van der Waals surface area contributed by atoms with Crippen LogP contribution in [0.5, 0.6) is 0 Å². The van der Waals surface area contributed by atoms with Gasteiger partial charge in [0.15, 0.2) is 0 Å². The van der Waals surface area contributed by atoms with Gasteiger partial charge < -0.3 is 9.32 Å². The van der Waals surface area contributed by atoms with E-state index in [0.29, 0.717) is 5.69 Å². The van der Waals surface area contributed by atoms with Gasteiger partial charge in [0.2, 0.25) is 0 Å². The highest BCUT2D eigenvalue weighted by molar-refractivity contribution is 6.69. The van der Waals surface area contributed by atoms with E-state index >= 15 is 0 Å². The van der Waals surface area contributed by atoms with Crippen molar-refractivity contribution in [1.29, 1.82) is 0 Å². The zero-order valence-electron chi connectivity index (χ0n) is 31.1. The molecular weight excluding hydrogens is 673 g/mol. The Hall–Kier alpha value is -6.06. The van der Waals surface area contributed by atoms with Crippen molar-refractivity contribution < 1.29 is 4.42 Å². The van der Waals surface area contributed by atoms with Gasteiger partial charge in [0.1, 0.15) is 50.4 Å². The Labute approximate surface area is 333 Å². The number of furan rings is 1. The second kappa shape index (κ2) is 12.7. The normalized spacial score (nSPS) is 13.0. The molecule has 1 heterocycles. The lowest BCUT2D eigenvalue weighted by Gasteiger charge is -2.33. The van der Waals surface area contributed by atoms with E-state index in [0.717, 1.165) is 60.8 Å². The lowest BCUT2D eigenvalue weighted by atomic mass is 9.61. The molecule has 0 unspecified atom stereocenters. The Kier molecular flexibility index (Phi) is 7.84. The first-order valence-electron chi connectivity index (χ1n) is 18.7. The Balaban J connectivity index is 1.14. The summed E-state index contributed by atoms with van der Waals surface area (Å²) in [5.41, 5.74) is 14.2. The third-order valence-corrected chi connectivity index (χ3v) is 11.7. The Morgan fingerprint density at radius 2 is 1.12 bits per heavy atom. The molecule has 0 bridgehead atoms. The molecule has 0 saturated heterocycles. The molecule has 0 spiro atoms. The van der Waals surface area contributed by atoms with Crippen LogP contribution in [-0.4, -0.2) is 39.2 Å². The summed E-state index contributed by atoms with van der Waals surface area (Å²) in [4.78, 5) is 2.01. The fourth-order valence-electron chi connectivity index (χ4n) is 8.97. The van der Waals surface area contributed by atoms with Crippen molar-refractivity contribution in [3.8, 4) is 33.4 Å². The summed E-state index contributed by atoms with van der Waals surface area (Å²) in [6, 6.07) is 50.8. The smallest absolute Gasteiger partial charge is 0.143 e.